The average molecular weight is 323 g/mol. The summed E-state index contributed by atoms with van der Waals surface area (Å²) in [5, 5.41) is 3.13. The Morgan fingerprint density at radius 2 is 2.18 bits per heavy atom. The Hall–Kier alpha value is -1.02. The number of aromatic nitrogens is 1. The van der Waals surface area contributed by atoms with E-state index in [0.29, 0.717) is 6.04 Å². The van der Waals surface area contributed by atoms with Crippen LogP contribution in [0.15, 0.2) is 11.6 Å². The number of hydrogen-bond acceptors (Lipinski definition) is 6. The van der Waals surface area contributed by atoms with E-state index in [1.165, 1.54) is 0 Å². The molecule has 7 heteroatoms. The number of amides is 1. The molecule has 0 spiro atoms. The van der Waals surface area contributed by atoms with Crippen LogP contribution in [-0.2, 0) is 20.8 Å². The number of likely N-dealkylation sites (tertiary alicyclic amines) is 1. The van der Waals surface area contributed by atoms with Crippen molar-refractivity contribution in [3.05, 3.63) is 16.6 Å². The largest absolute Gasteiger partial charge is 0.381 e. The van der Waals surface area contributed by atoms with E-state index < -0.39 is 0 Å². The average Bonchev–Trinajstić information content (AvgIpc) is 3.17. The summed E-state index contributed by atoms with van der Waals surface area (Å²) in [5.74, 6) is 0.143. The molecule has 0 radical (unpaired) electrons. The third-order valence-electron chi connectivity index (χ3n) is 4.81. The fourth-order valence-corrected chi connectivity index (χ4v) is 4.45. The summed E-state index contributed by atoms with van der Waals surface area (Å²) in [7, 11) is 0. The summed E-state index contributed by atoms with van der Waals surface area (Å²) in [4.78, 5) is 21.2. The predicted octanol–water partition coefficient (Wildman–Crippen LogP) is 0.734. The molecule has 0 aromatic carbocycles. The zero-order chi connectivity index (χ0) is 14.9. The molecular formula is C15H21N3O3S. The Morgan fingerprint density at radius 1 is 1.32 bits per heavy atom. The van der Waals surface area contributed by atoms with Crippen LogP contribution in [-0.4, -0.2) is 71.8 Å². The molecule has 3 saturated heterocycles. The molecule has 0 bridgehead atoms. The molecule has 1 amide bonds. The maximum absolute atomic E-state index is 12.4. The topological polar surface area (TPSA) is 54.9 Å². The zero-order valence-corrected chi connectivity index (χ0v) is 13.3. The fraction of sp³-hybridized carbons (Fsp3) is 0.733. The van der Waals surface area contributed by atoms with Crippen LogP contribution in [0.5, 0.6) is 0 Å². The monoisotopic (exact) mass is 323 g/mol. The van der Waals surface area contributed by atoms with E-state index in [-0.39, 0.29) is 24.7 Å². The van der Waals surface area contributed by atoms with Gasteiger partial charge in [0, 0.05) is 43.9 Å². The van der Waals surface area contributed by atoms with Gasteiger partial charge in [-0.2, -0.15) is 0 Å². The summed E-state index contributed by atoms with van der Waals surface area (Å²) < 4.78 is 11.2. The van der Waals surface area contributed by atoms with Gasteiger partial charge in [0.25, 0.3) is 0 Å². The standard InChI is InChI=1S/C15H21N3O3S/c19-15-10-21-13-8-17(9-14-16-3-6-22-14)7-12(13)18(15)11-1-4-20-5-2-11/h3,6,11-13H,1-2,4-5,7-10H2/t12-,13-/m0/s1. The first kappa shape index (κ1) is 14.6. The maximum atomic E-state index is 12.4. The Bertz CT molecular complexity index is 518. The van der Waals surface area contributed by atoms with Crippen LogP contribution in [0.2, 0.25) is 0 Å². The number of ether oxygens (including phenoxy) is 2. The first-order valence-corrected chi connectivity index (χ1v) is 8.80. The Morgan fingerprint density at radius 3 is 2.95 bits per heavy atom. The molecule has 2 atom stereocenters. The van der Waals surface area contributed by atoms with Gasteiger partial charge in [-0.1, -0.05) is 0 Å². The van der Waals surface area contributed by atoms with Crippen molar-refractivity contribution in [1.29, 1.82) is 0 Å². The van der Waals surface area contributed by atoms with E-state index in [1.54, 1.807) is 11.3 Å². The minimum absolute atomic E-state index is 0.139. The summed E-state index contributed by atoms with van der Waals surface area (Å²) in [6.45, 7) is 4.36. The number of nitrogens with zero attached hydrogens (tertiary/aromatic N) is 3. The zero-order valence-electron chi connectivity index (χ0n) is 12.5. The molecule has 1 aromatic rings. The highest BCUT2D eigenvalue weighted by molar-refractivity contribution is 7.09. The lowest BCUT2D eigenvalue weighted by Crippen LogP contribution is -2.58. The Kier molecular flexibility index (Phi) is 4.13. The number of thiazole rings is 1. The van der Waals surface area contributed by atoms with Gasteiger partial charge >= 0.3 is 0 Å². The number of morpholine rings is 1. The third kappa shape index (κ3) is 2.78. The van der Waals surface area contributed by atoms with Crippen molar-refractivity contribution in [3.8, 4) is 0 Å². The highest BCUT2D eigenvalue weighted by atomic mass is 32.1. The summed E-state index contributed by atoms with van der Waals surface area (Å²) in [6.07, 6.45) is 3.88. The van der Waals surface area contributed by atoms with E-state index in [4.69, 9.17) is 9.47 Å². The molecule has 6 nitrogen and oxygen atoms in total. The first-order valence-electron chi connectivity index (χ1n) is 7.92. The van der Waals surface area contributed by atoms with Crippen LogP contribution in [0.3, 0.4) is 0 Å². The van der Waals surface area contributed by atoms with E-state index in [2.05, 4.69) is 14.8 Å². The quantitative estimate of drug-likeness (QED) is 0.821. The Balaban J connectivity index is 1.47. The lowest BCUT2D eigenvalue weighted by atomic mass is 10.0. The fourth-order valence-electron chi connectivity index (χ4n) is 3.79. The van der Waals surface area contributed by atoms with Crippen molar-refractivity contribution in [1.82, 2.24) is 14.8 Å². The molecule has 4 heterocycles. The van der Waals surface area contributed by atoms with Crippen LogP contribution in [0.1, 0.15) is 17.8 Å². The second-order valence-electron chi connectivity index (χ2n) is 6.18. The molecule has 22 heavy (non-hydrogen) atoms. The van der Waals surface area contributed by atoms with Gasteiger partial charge in [-0.25, -0.2) is 4.98 Å². The van der Waals surface area contributed by atoms with Crippen molar-refractivity contribution >= 4 is 17.2 Å². The first-order chi connectivity index (χ1) is 10.8. The van der Waals surface area contributed by atoms with Crippen molar-refractivity contribution < 1.29 is 14.3 Å². The molecule has 3 aliphatic rings. The molecular weight excluding hydrogens is 302 g/mol. The van der Waals surface area contributed by atoms with Gasteiger partial charge in [-0.05, 0) is 12.8 Å². The number of carbonyl (C=O) groups is 1. The van der Waals surface area contributed by atoms with Crippen LogP contribution in [0.4, 0.5) is 0 Å². The molecule has 1 aromatic heterocycles. The van der Waals surface area contributed by atoms with Gasteiger partial charge in [-0.3, -0.25) is 9.69 Å². The van der Waals surface area contributed by atoms with Crippen LogP contribution in [0, 0.1) is 0 Å². The SMILES string of the molecule is O=C1CO[C@H]2CN(Cc3nccs3)C[C@@H]2N1C1CCOCC1. The van der Waals surface area contributed by atoms with E-state index in [9.17, 15) is 4.79 Å². The van der Waals surface area contributed by atoms with Crippen LogP contribution < -0.4 is 0 Å². The molecule has 0 unspecified atom stereocenters. The van der Waals surface area contributed by atoms with Crippen LogP contribution in [0.25, 0.3) is 0 Å². The summed E-state index contributed by atoms with van der Waals surface area (Å²) in [5.41, 5.74) is 0. The van der Waals surface area contributed by atoms with Gasteiger partial charge in [0.1, 0.15) is 11.6 Å². The van der Waals surface area contributed by atoms with Gasteiger partial charge in [0.05, 0.1) is 18.7 Å². The van der Waals surface area contributed by atoms with Crippen molar-refractivity contribution in [2.45, 2.75) is 37.6 Å². The summed E-state index contributed by atoms with van der Waals surface area (Å²) >= 11 is 1.68. The smallest absolute Gasteiger partial charge is 0.249 e. The van der Waals surface area contributed by atoms with Gasteiger partial charge in [0.15, 0.2) is 0 Å². The summed E-state index contributed by atoms with van der Waals surface area (Å²) in [6, 6.07) is 0.502. The van der Waals surface area contributed by atoms with Crippen molar-refractivity contribution in [3.63, 3.8) is 0 Å². The minimum Gasteiger partial charge on any atom is -0.381 e. The molecule has 0 aliphatic carbocycles. The van der Waals surface area contributed by atoms with Gasteiger partial charge in [0.2, 0.25) is 5.91 Å². The molecule has 0 N–H and O–H groups in total. The molecule has 3 fully saturated rings. The van der Waals surface area contributed by atoms with E-state index in [1.807, 2.05) is 11.6 Å². The van der Waals surface area contributed by atoms with Crippen molar-refractivity contribution in [2.75, 3.05) is 32.9 Å². The predicted molar refractivity (Wildman–Crippen MR) is 81.6 cm³/mol. The molecule has 4 rings (SSSR count). The molecule has 120 valence electrons. The lowest BCUT2D eigenvalue weighted by Gasteiger charge is -2.43. The number of carbonyl (C=O) groups excluding carboxylic acids is 1. The minimum atomic E-state index is 0.139. The Labute approximate surface area is 134 Å². The maximum Gasteiger partial charge on any atom is 0.249 e. The normalized spacial score (nSPS) is 30.7. The van der Waals surface area contributed by atoms with Crippen molar-refractivity contribution in [2.24, 2.45) is 0 Å². The van der Waals surface area contributed by atoms with E-state index >= 15 is 0 Å². The number of fused-ring (bicyclic) bond motifs is 1. The third-order valence-corrected chi connectivity index (χ3v) is 5.57. The van der Waals surface area contributed by atoms with Gasteiger partial charge in [-0.15, -0.1) is 11.3 Å². The van der Waals surface area contributed by atoms with Gasteiger partial charge < -0.3 is 14.4 Å². The molecule has 0 saturated carbocycles. The highest BCUT2D eigenvalue weighted by Gasteiger charge is 2.45. The number of rotatable bonds is 3. The second kappa shape index (κ2) is 6.23. The highest BCUT2D eigenvalue weighted by Crippen LogP contribution is 2.29. The second-order valence-corrected chi connectivity index (χ2v) is 7.16. The van der Waals surface area contributed by atoms with Crippen LogP contribution >= 0.6 is 11.3 Å². The molecule has 3 aliphatic heterocycles. The van der Waals surface area contributed by atoms with E-state index in [0.717, 1.165) is 50.7 Å². The number of hydrogen-bond donors (Lipinski definition) is 0. The lowest BCUT2D eigenvalue weighted by molar-refractivity contribution is -0.159.